The first-order chi connectivity index (χ1) is 8.68. The zero-order valence-electron chi connectivity index (χ0n) is 11.5. The summed E-state index contributed by atoms with van der Waals surface area (Å²) in [7, 11) is 0. The lowest BCUT2D eigenvalue weighted by Gasteiger charge is -2.17. The predicted molar refractivity (Wildman–Crippen MR) is 74.9 cm³/mol. The summed E-state index contributed by atoms with van der Waals surface area (Å²) in [4.78, 5) is 12.3. The molecule has 0 atom stereocenters. The first kappa shape index (κ1) is 13.1. The van der Waals surface area contributed by atoms with Gasteiger partial charge in [-0.1, -0.05) is 37.8 Å². The monoisotopic (exact) mass is 245 g/mol. The Morgan fingerprint density at radius 2 is 1.78 bits per heavy atom. The summed E-state index contributed by atoms with van der Waals surface area (Å²) in [6.45, 7) is 4.08. The smallest absolute Gasteiger partial charge is 0.251 e. The van der Waals surface area contributed by atoms with Crippen molar-refractivity contribution in [3.63, 3.8) is 0 Å². The second-order valence-corrected chi connectivity index (χ2v) is 5.41. The molecule has 0 radical (unpaired) electrons. The van der Waals surface area contributed by atoms with Crippen molar-refractivity contribution in [1.29, 1.82) is 0 Å². The molecule has 1 aliphatic rings. The Morgan fingerprint density at radius 1 is 1.11 bits per heavy atom. The number of carbonyl (C=O) groups is 1. The molecule has 0 aliphatic heterocycles. The maximum absolute atomic E-state index is 12.3. The van der Waals surface area contributed by atoms with Crippen LogP contribution in [0.2, 0.25) is 0 Å². The highest BCUT2D eigenvalue weighted by atomic mass is 16.1. The number of benzene rings is 1. The van der Waals surface area contributed by atoms with Gasteiger partial charge < -0.3 is 5.32 Å². The quantitative estimate of drug-likeness (QED) is 0.790. The minimum atomic E-state index is 0.100. The van der Waals surface area contributed by atoms with Gasteiger partial charge in [-0.25, -0.2) is 0 Å². The molecule has 2 heteroatoms. The summed E-state index contributed by atoms with van der Waals surface area (Å²) in [6.07, 6.45) is 7.40. The van der Waals surface area contributed by atoms with Gasteiger partial charge in [0, 0.05) is 11.6 Å². The summed E-state index contributed by atoms with van der Waals surface area (Å²) < 4.78 is 0. The lowest BCUT2D eigenvalue weighted by molar-refractivity contribution is 0.0932. The van der Waals surface area contributed by atoms with E-state index in [-0.39, 0.29) is 5.91 Å². The normalized spacial score (nSPS) is 17.2. The molecule has 1 aliphatic carbocycles. The highest BCUT2D eigenvalue weighted by Gasteiger charge is 2.17. The fourth-order valence-electron chi connectivity index (χ4n) is 2.68. The van der Waals surface area contributed by atoms with E-state index in [1.165, 1.54) is 31.2 Å². The van der Waals surface area contributed by atoms with Crippen LogP contribution in [0.3, 0.4) is 0 Å². The molecule has 0 aromatic heterocycles. The molecule has 0 unspecified atom stereocenters. The van der Waals surface area contributed by atoms with Gasteiger partial charge in [0.1, 0.15) is 0 Å². The molecule has 1 saturated carbocycles. The number of nitrogens with one attached hydrogen (secondary N) is 1. The van der Waals surface area contributed by atoms with Crippen LogP contribution in [-0.2, 0) is 0 Å². The maximum Gasteiger partial charge on any atom is 0.251 e. The molecular formula is C16H23NO. The van der Waals surface area contributed by atoms with E-state index in [0.29, 0.717) is 6.04 Å². The van der Waals surface area contributed by atoms with E-state index in [9.17, 15) is 4.79 Å². The summed E-state index contributed by atoms with van der Waals surface area (Å²) in [5, 5.41) is 3.20. The van der Waals surface area contributed by atoms with Gasteiger partial charge >= 0.3 is 0 Å². The van der Waals surface area contributed by atoms with Crippen LogP contribution in [0, 0.1) is 13.8 Å². The van der Waals surface area contributed by atoms with Gasteiger partial charge in [-0.15, -0.1) is 0 Å². The molecule has 2 rings (SSSR count). The van der Waals surface area contributed by atoms with Crippen LogP contribution in [0.1, 0.15) is 60.0 Å². The Hall–Kier alpha value is -1.31. The van der Waals surface area contributed by atoms with E-state index < -0.39 is 0 Å². The first-order valence-electron chi connectivity index (χ1n) is 7.05. The van der Waals surface area contributed by atoms with Crippen molar-refractivity contribution in [1.82, 2.24) is 5.32 Å². The molecule has 18 heavy (non-hydrogen) atoms. The van der Waals surface area contributed by atoms with Gasteiger partial charge in [-0.2, -0.15) is 0 Å². The largest absolute Gasteiger partial charge is 0.349 e. The van der Waals surface area contributed by atoms with E-state index in [0.717, 1.165) is 24.0 Å². The third-order valence-corrected chi connectivity index (χ3v) is 4.04. The van der Waals surface area contributed by atoms with Crippen molar-refractivity contribution < 1.29 is 4.79 Å². The fourth-order valence-corrected chi connectivity index (χ4v) is 2.68. The molecule has 1 N–H and O–H groups in total. The number of rotatable bonds is 2. The average molecular weight is 245 g/mol. The highest BCUT2D eigenvalue weighted by molar-refractivity contribution is 5.96. The molecular weight excluding hydrogens is 222 g/mol. The number of aryl methyl sites for hydroxylation is 1. The topological polar surface area (TPSA) is 29.1 Å². The van der Waals surface area contributed by atoms with E-state index in [1.54, 1.807) is 0 Å². The van der Waals surface area contributed by atoms with Gasteiger partial charge in [0.25, 0.3) is 5.91 Å². The number of carbonyl (C=O) groups excluding carboxylic acids is 1. The second kappa shape index (κ2) is 6.03. The Morgan fingerprint density at radius 3 is 2.44 bits per heavy atom. The van der Waals surface area contributed by atoms with Gasteiger partial charge in [-0.3, -0.25) is 4.79 Å². The number of hydrogen-bond donors (Lipinski definition) is 1. The third kappa shape index (κ3) is 3.12. The lowest BCUT2D eigenvalue weighted by Crippen LogP contribution is -2.34. The standard InChI is InChI=1S/C16H23NO/c1-12-8-7-11-15(13(12)2)16(18)17-14-9-5-3-4-6-10-14/h7-8,11,14H,3-6,9-10H2,1-2H3,(H,17,18). The molecule has 0 bridgehead atoms. The molecule has 1 amide bonds. The molecule has 1 aromatic rings. The van der Waals surface area contributed by atoms with E-state index >= 15 is 0 Å². The summed E-state index contributed by atoms with van der Waals surface area (Å²) in [6, 6.07) is 6.32. The van der Waals surface area contributed by atoms with Gasteiger partial charge in [-0.05, 0) is 43.9 Å². The van der Waals surface area contributed by atoms with Crippen LogP contribution in [0.15, 0.2) is 18.2 Å². The molecule has 1 fully saturated rings. The van der Waals surface area contributed by atoms with Crippen LogP contribution >= 0.6 is 0 Å². The van der Waals surface area contributed by atoms with Gasteiger partial charge in [0.2, 0.25) is 0 Å². The summed E-state index contributed by atoms with van der Waals surface area (Å²) in [5.41, 5.74) is 3.12. The minimum Gasteiger partial charge on any atom is -0.349 e. The Kier molecular flexibility index (Phi) is 4.40. The lowest BCUT2D eigenvalue weighted by atomic mass is 10.0. The SMILES string of the molecule is Cc1cccc(C(=O)NC2CCCCCC2)c1C. The van der Waals surface area contributed by atoms with Crippen LogP contribution < -0.4 is 5.32 Å². The van der Waals surface area contributed by atoms with E-state index in [4.69, 9.17) is 0 Å². The molecule has 98 valence electrons. The van der Waals surface area contributed by atoms with Crippen LogP contribution in [-0.4, -0.2) is 11.9 Å². The predicted octanol–water partition coefficient (Wildman–Crippen LogP) is 3.76. The van der Waals surface area contributed by atoms with Crippen molar-refractivity contribution in [3.8, 4) is 0 Å². The van der Waals surface area contributed by atoms with Crippen LogP contribution in [0.5, 0.6) is 0 Å². The van der Waals surface area contributed by atoms with Gasteiger partial charge in [0.05, 0.1) is 0 Å². The molecule has 0 heterocycles. The third-order valence-electron chi connectivity index (χ3n) is 4.04. The van der Waals surface area contributed by atoms with Crippen molar-refractivity contribution in [2.75, 3.05) is 0 Å². The fraction of sp³-hybridized carbons (Fsp3) is 0.562. The van der Waals surface area contributed by atoms with Crippen molar-refractivity contribution in [3.05, 3.63) is 34.9 Å². The Balaban J connectivity index is 2.04. The molecule has 0 spiro atoms. The molecule has 0 saturated heterocycles. The summed E-state index contributed by atoms with van der Waals surface area (Å²) in [5.74, 6) is 0.100. The first-order valence-corrected chi connectivity index (χ1v) is 7.05. The molecule has 2 nitrogen and oxygen atoms in total. The number of hydrogen-bond acceptors (Lipinski definition) is 1. The van der Waals surface area contributed by atoms with E-state index in [1.807, 2.05) is 19.1 Å². The van der Waals surface area contributed by atoms with Crippen molar-refractivity contribution >= 4 is 5.91 Å². The van der Waals surface area contributed by atoms with Gasteiger partial charge in [0.15, 0.2) is 0 Å². The number of amides is 1. The summed E-state index contributed by atoms with van der Waals surface area (Å²) >= 11 is 0. The Labute approximate surface area is 110 Å². The average Bonchev–Trinajstić information content (AvgIpc) is 2.61. The van der Waals surface area contributed by atoms with E-state index in [2.05, 4.69) is 18.3 Å². The molecule has 1 aromatic carbocycles. The minimum absolute atomic E-state index is 0.100. The van der Waals surface area contributed by atoms with Crippen molar-refractivity contribution in [2.45, 2.75) is 58.4 Å². The zero-order valence-corrected chi connectivity index (χ0v) is 11.5. The second-order valence-electron chi connectivity index (χ2n) is 5.41. The highest BCUT2D eigenvalue weighted by Crippen LogP contribution is 2.18. The maximum atomic E-state index is 12.3. The van der Waals surface area contributed by atoms with Crippen molar-refractivity contribution in [2.24, 2.45) is 0 Å². The zero-order chi connectivity index (χ0) is 13.0. The Bertz CT molecular complexity index is 417. The van der Waals surface area contributed by atoms with Crippen LogP contribution in [0.4, 0.5) is 0 Å². The van der Waals surface area contributed by atoms with Crippen LogP contribution in [0.25, 0.3) is 0 Å².